The van der Waals surface area contributed by atoms with Crippen LogP contribution in [-0.4, -0.2) is 41.0 Å². The molecule has 2 heterocycles. The van der Waals surface area contributed by atoms with Crippen LogP contribution in [0.1, 0.15) is 29.0 Å². The summed E-state index contributed by atoms with van der Waals surface area (Å²) in [6.45, 7) is 4.04. The topological polar surface area (TPSA) is 72.3 Å². The summed E-state index contributed by atoms with van der Waals surface area (Å²) in [6, 6.07) is 15.6. The van der Waals surface area contributed by atoms with E-state index in [0.29, 0.717) is 19.4 Å². The lowest BCUT2D eigenvalue weighted by molar-refractivity contribution is 0.0813. The first kappa shape index (κ1) is 22.3. The third-order valence-corrected chi connectivity index (χ3v) is 9.06. The Balaban J connectivity index is 1.63. The molecular weight excluding hydrogens is 498 g/mol. The zero-order valence-corrected chi connectivity index (χ0v) is 20.4. The van der Waals surface area contributed by atoms with Crippen LogP contribution in [-0.2, 0) is 10.0 Å². The van der Waals surface area contributed by atoms with E-state index in [9.17, 15) is 13.2 Å². The first-order valence-electron chi connectivity index (χ1n) is 9.90. The van der Waals surface area contributed by atoms with Gasteiger partial charge in [0.05, 0.1) is 21.2 Å². The van der Waals surface area contributed by atoms with Gasteiger partial charge in [0.25, 0.3) is 5.91 Å². The number of aryl methyl sites for hydroxylation is 1. The predicted molar refractivity (Wildman–Crippen MR) is 124 cm³/mol. The van der Waals surface area contributed by atoms with Crippen LogP contribution in [0.25, 0.3) is 0 Å². The highest BCUT2D eigenvalue weighted by Crippen LogP contribution is 2.34. The fourth-order valence-electron chi connectivity index (χ4n) is 3.75. The van der Waals surface area contributed by atoms with Crippen LogP contribution in [0.15, 0.2) is 73.8 Å². The molecule has 1 atom stereocenters. The number of carbonyl (C=O) groups is 1. The Morgan fingerprint density at radius 3 is 2.45 bits per heavy atom. The molecule has 0 saturated carbocycles. The van der Waals surface area contributed by atoms with Crippen molar-refractivity contribution in [3.05, 3.63) is 70.5 Å². The minimum Gasteiger partial charge on any atom is -0.271 e. The number of hydrogen-bond donors (Lipinski definition) is 0. The largest absolute Gasteiger partial charge is 0.271 e. The van der Waals surface area contributed by atoms with Gasteiger partial charge in [-0.25, -0.2) is 13.1 Å². The highest BCUT2D eigenvalue weighted by atomic mass is 79.9. The molecule has 1 aliphatic heterocycles. The van der Waals surface area contributed by atoms with Crippen molar-refractivity contribution in [1.82, 2.24) is 14.1 Å². The van der Waals surface area contributed by atoms with E-state index in [2.05, 4.69) is 21.0 Å². The number of rotatable bonds is 5. The quantitative estimate of drug-likeness (QED) is 0.478. The van der Waals surface area contributed by atoms with Crippen LogP contribution in [0.2, 0.25) is 0 Å². The molecule has 0 aliphatic carbocycles. The van der Waals surface area contributed by atoms with Crippen LogP contribution < -0.4 is 0 Å². The van der Waals surface area contributed by atoms with Crippen LogP contribution in [0.5, 0.6) is 0 Å². The van der Waals surface area contributed by atoms with Crippen molar-refractivity contribution in [2.75, 3.05) is 6.54 Å². The molecule has 0 spiro atoms. The van der Waals surface area contributed by atoms with E-state index >= 15 is 0 Å². The van der Waals surface area contributed by atoms with Crippen LogP contribution in [0, 0.1) is 13.8 Å². The molecule has 162 valence electrons. The first-order chi connectivity index (χ1) is 14.8. The Morgan fingerprint density at radius 1 is 1.10 bits per heavy atom. The first-order valence-corrected chi connectivity index (χ1v) is 12.9. The summed E-state index contributed by atoms with van der Waals surface area (Å²) in [5.74, 6) is -0.307. The molecule has 1 fully saturated rings. The molecular formula is C22H22BrN3O3S2. The molecule has 6 nitrogen and oxygen atoms in total. The average Bonchev–Trinajstić information content (AvgIpc) is 3.36. The normalized spacial score (nSPS) is 17.2. The molecule has 1 aliphatic rings. The van der Waals surface area contributed by atoms with Crippen LogP contribution >= 0.6 is 27.7 Å². The van der Waals surface area contributed by atoms with Crippen LogP contribution in [0.4, 0.5) is 0 Å². The molecule has 0 N–H and O–H groups in total. The van der Waals surface area contributed by atoms with Crippen molar-refractivity contribution in [2.24, 2.45) is 0 Å². The lowest BCUT2D eigenvalue weighted by atomic mass is 10.2. The molecule has 31 heavy (non-hydrogen) atoms. The predicted octanol–water partition coefficient (Wildman–Crippen LogP) is 4.91. The van der Waals surface area contributed by atoms with Gasteiger partial charge in [-0.2, -0.15) is 9.40 Å². The highest BCUT2D eigenvalue weighted by Gasteiger charge is 2.41. The number of hydrogen-bond acceptors (Lipinski definition) is 5. The van der Waals surface area contributed by atoms with Crippen molar-refractivity contribution in [3.63, 3.8) is 0 Å². The van der Waals surface area contributed by atoms with Gasteiger partial charge in [-0.15, -0.1) is 0 Å². The SMILES string of the molecule is Cc1nn(C(=O)C2CCCN2S(=O)(=O)c2ccc(Br)cc2)c(C)c1Sc1ccccc1. The van der Waals surface area contributed by atoms with Gasteiger partial charge in [0, 0.05) is 15.9 Å². The number of benzene rings is 2. The maximum atomic E-state index is 13.4. The van der Waals surface area contributed by atoms with E-state index in [-0.39, 0.29) is 10.8 Å². The molecule has 0 amide bonds. The van der Waals surface area contributed by atoms with E-state index in [1.807, 2.05) is 44.2 Å². The minimum atomic E-state index is -3.78. The summed E-state index contributed by atoms with van der Waals surface area (Å²) < 4.78 is 29.9. The number of halogens is 1. The summed E-state index contributed by atoms with van der Waals surface area (Å²) in [7, 11) is -3.78. The van der Waals surface area contributed by atoms with Crippen LogP contribution in [0.3, 0.4) is 0 Å². The van der Waals surface area contributed by atoms with Gasteiger partial charge in [0.15, 0.2) is 0 Å². The summed E-state index contributed by atoms with van der Waals surface area (Å²) in [6.07, 6.45) is 1.12. The van der Waals surface area contributed by atoms with Gasteiger partial charge in [-0.05, 0) is 63.1 Å². The van der Waals surface area contributed by atoms with E-state index in [0.717, 1.165) is 25.7 Å². The van der Waals surface area contributed by atoms with Crippen molar-refractivity contribution in [1.29, 1.82) is 0 Å². The summed E-state index contributed by atoms with van der Waals surface area (Å²) in [5, 5.41) is 4.47. The molecule has 1 saturated heterocycles. The Morgan fingerprint density at radius 2 is 1.77 bits per heavy atom. The molecule has 1 aromatic heterocycles. The second kappa shape index (κ2) is 8.90. The van der Waals surface area contributed by atoms with Gasteiger partial charge in [-0.3, -0.25) is 4.79 Å². The summed E-state index contributed by atoms with van der Waals surface area (Å²) in [4.78, 5) is 15.6. The zero-order valence-electron chi connectivity index (χ0n) is 17.2. The lowest BCUT2D eigenvalue weighted by Gasteiger charge is -2.23. The third kappa shape index (κ3) is 4.37. The van der Waals surface area contributed by atoms with E-state index in [4.69, 9.17) is 0 Å². The number of sulfonamides is 1. The molecule has 0 radical (unpaired) electrons. The second-order valence-corrected chi connectivity index (χ2v) is 11.3. The summed E-state index contributed by atoms with van der Waals surface area (Å²) >= 11 is 4.88. The highest BCUT2D eigenvalue weighted by molar-refractivity contribution is 9.10. The monoisotopic (exact) mass is 519 g/mol. The van der Waals surface area contributed by atoms with Gasteiger partial charge in [-0.1, -0.05) is 45.9 Å². The maximum absolute atomic E-state index is 13.4. The molecule has 4 rings (SSSR count). The second-order valence-electron chi connectivity index (χ2n) is 7.39. The van der Waals surface area contributed by atoms with Crippen molar-refractivity contribution in [2.45, 2.75) is 47.4 Å². The molecule has 0 bridgehead atoms. The summed E-state index contributed by atoms with van der Waals surface area (Å²) in [5.41, 5.74) is 1.48. The van der Waals surface area contributed by atoms with Gasteiger partial charge >= 0.3 is 0 Å². The average molecular weight is 520 g/mol. The Kier molecular flexibility index (Phi) is 6.39. The third-order valence-electron chi connectivity index (χ3n) is 5.31. The fourth-order valence-corrected chi connectivity index (χ4v) is 6.62. The van der Waals surface area contributed by atoms with E-state index in [1.54, 1.807) is 36.0 Å². The number of nitrogens with zero attached hydrogens (tertiary/aromatic N) is 3. The molecule has 2 aromatic carbocycles. The Hall–Kier alpha value is -1.94. The van der Waals surface area contributed by atoms with Gasteiger partial charge < -0.3 is 0 Å². The van der Waals surface area contributed by atoms with Gasteiger partial charge in [0.1, 0.15) is 6.04 Å². The maximum Gasteiger partial charge on any atom is 0.265 e. The van der Waals surface area contributed by atoms with E-state index < -0.39 is 16.1 Å². The molecule has 1 unspecified atom stereocenters. The Labute approximate surface area is 194 Å². The number of carbonyl (C=O) groups excluding carboxylic acids is 1. The lowest BCUT2D eigenvalue weighted by Crippen LogP contribution is -2.43. The minimum absolute atomic E-state index is 0.184. The van der Waals surface area contributed by atoms with Crippen molar-refractivity contribution < 1.29 is 13.2 Å². The van der Waals surface area contributed by atoms with Crippen molar-refractivity contribution in [3.8, 4) is 0 Å². The standard InChI is InChI=1S/C22H22BrN3O3S2/c1-15-21(30-18-7-4-3-5-8-18)16(2)26(24-15)22(27)20-9-6-14-25(20)31(28,29)19-12-10-17(23)11-13-19/h3-5,7-8,10-13,20H,6,9,14H2,1-2H3. The number of aromatic nitrogens is 2. The van der Waals surface area contributed by atoms with Crippen molar-refractivity contribution >= 4 is 43.6 Å². The van der Waals surface area contributed by atoms with Gasteiger partial charge in [0.2, 0.25) is 10.0 Å². The van der Waals surface area contributed by atoms with E-state index in [1.165, 1.54) is 8.99 Å². The molecule has 9 heteroatoms. The Bertz CT molecular complexity index is 1210. The molecule has 3 aromatic rings. The zero-order chi connectivity index (χ0) is 22.2. The fraction of sp³-hybridized carbons (Fsp3) is 0.273. The smallest absolute Gasteiger partial charge is 0.265 e.